The van der Waals surface area contributed by atoms with E-state index in [9.17, 15) is 14.4 Å². The molecule has 0 aliphatic rings. The van der Waals surface area contributed by atoms with Gasteiger partial charge in [-0.25, -0.2) is 0 Å². The van der Waals surface area contributed by atoms with E-state index in [1.54, 1.807) is 0 Å². The van der Waals surface area contributed by atoms with Crippen molar-refractivity contribution in [3.63, 3.8) is 0 Å². The van der Waals surface area contributed by atoms with Gasteiger partial charge in [0.15, 0.2) is 6.10 Å². The molecule has 0 amide bonds. The number of allylic oxidation sites excluding steroid dienone is 12. The van der Waals surface area contributed by atoms with E-state index in [1.807, 2.05) is 0 Å². The number of unbranched alkanes of at least 4 members (excludes halogenated alkanes) is 30. The van der Waals surface area contributed by atoms with E-state index in [4.69, 9.17) is 14.2 Å². The highest BCUT2D eigenvalue weighted by molar-refractivity contribution is 5.71. The number of rotatable bonds is 53. The van der Waals surface area contributed by atoms with Crippen LogP contribution in [0.15, 0.2) is 72.9 Å². The van der Waals surface area contributed by atoms with Crippen molar-refractivity contribution in [1.82, 2.24) is 0 Å². The minimum Gasteiger partial charge on any atom is -0.462 e. The molecule has 0 aliphatic carbocycles. The highest BCUT2D eigenvalue weighted by atomic mass is 16.6. The molecule has 6 heteroatoms. The first kappa shape index (κ1) is 65.8. The van der Waals surface area contributed by atoms with Crippen LogP contribution in [-0.2, 0) is 28.6 Å². The summed E-state index contributed by atoms with van der Waals surface area (Å²) in [7, 11) is 0. The molecule has 69 heavy (non-hydrogen) atoms. The van der Waals surface area contributed by atoms with E-state index < -0.39 is 6.10 Å². The molecule has 398 valence electrons. The number of carbonyl (C=O) groups excluding carboxylic acids is 3. The van der Waals surface area contributed by atoms with Gasteiger partial charge in [0.25, 0.3) is 0 Å². The lowest BCUT2D eigenvalue weighted by Crippen LogP contribution is -2.30. The maximum absolute atomic E-state index is 12.8. The van der Waals surface area contributed by atoms with Gasteiger partial charge in [-0.05, 0) is 109 Å². The Bertz CT molecular complexity index is 1290. The summed E-state index contributed by atoms with van der Waals surface area (Å²) in [6, 6.07) is 0. The highest BCUT2D eigenvalue weighted by Gasteiger charge is 2.19. The Morgan fingerprint density at radius 1 is 0.290 bits per heavy atom. The SMILES string of the molecule is CCCCC/C=C\C/C=C\C/C=C\C/C=C\CCCC(=O)OC[C@H](COC(=O)CCCCCCCCCCCCC/C=C\CCCCCCCC)OC(=O)CCCCCCC/C=C\CCCCCC. The van der Waals surface area contributed by atoms with E-state index in [2.05, 4.69) is 93.7 Å². The van der Waals surface area contributed by atoms with Crippen LogP contribution in [0.5, 0.6) is 0 Å². The summed E-state index contributed by atoms with van der Waals surface area (Å²) in [6.45, 7) is 6.56. The number of hydrogen-bond acceptors (Lipinski definition) is 6. The molecular weight excluding hydrogens is 853 g/mol. The monoisotopic (exact) mass is 963 g/mol. The van der Waals surface area contributed by atoms with Gasteiger partial charge in [-0.15, -0.1) is 0 Å². The first-order valence-electron chi connectivity index (χ1n) is 29.4. The Hall–Kier alpha value is -3.15. The molecule has 1 atom stereocenters. The predicted molar refractivity (Wildman–Crippen MR) is 298 cm³/mol. The van der Waals surface area contributed by atoms with Gasteiger partial charge in [0, 0.05) is 19.3 Å². The molecule has 0 spiro atoms. The van der Waals surface area contributed by atoms with Crippen molar-refractivity contribution in [2.45, 2.75) is 297 Å². The van der Waals surface area contributed by atoms with Crippen LogP contribution >= 0.6 is 0 Å². The van der Waals surface area contributed by atoms with Crippen molar-refractivity contribution >= 4 is 17.9 Å². The van der Waals surface area contributed by atoms with Gasteiger partial charge in [-0.2, -0.15) is 0 Å². The fourth-order valence-corrected chi connectivity index (χ4v) is 8.19. The van der Waals surface area contributed by atoms with Crippen molar-refractivity contribution in [2.75, 3.05) is 13.2 Å². The summed E-state index contributed by atoms with van der Waals surface area (Å²) < 4.78 is 16.8. The van der Waals surface area contributed by atoms with Crippen molar-refractivity contribution in [3.05, 3.63) is 72.9 Å². The van der Waals surface area contributed by atoms with Crippen LogP contribution in [0.1, 0.15) is 290 Å². The number of carbonyl (C=O) groups is 3. The third-order valence-electron chi connectivity index (χ3n) is 12.7. The van der Waals surface area contributed by atoms with Crippen LogP contribution in [0.2, 0.25) is 0 Å². The fraction of sp³-hybridized carbons (Fsp3) is 0.762. The van der Waals surface area contributed by atoms with Gasteiger partial charge < -0.3 is 14.2 Å². The number of ether oxygens (including phenoxy) is 3. The summed E-state index contributed by atoms with van der Waals surface area (Å²) in [5.41, 5.74) is 0. The van der Waals surface area contributed by atoms with E-state index in [1.165, 1.54) is 167 Å². The average molecular weight is 964 g/mol. The third kappa shape index (κ3) is 55.6. The second-order valence-electron chi connectivity index (χ2n) is 19.5. The highest BCUT2D eigenvalue weighted by Crippen LogP contribution is 2.15. The largest absolute Gasteiger partial charge is 0.462 e. The maximum atomic E-state index is 12.8. The van der Waals surface area contributed by atoms with Crippen molar-refractivity contribution in [1.29, 1.82) is 0 Å². The summed E-state index contributed by atoms with van der Waals surface area (Å²) in [4.78, 5) is 38.1. The zero-order chi connectivity index (χ0) is 50.0. The fourth-order valence-electron chi connectivity index (χ4n) is 8.19. The second-order valence-corrected chi connectivity index (χ2v) is 19.5. The minimum absolute atomic E-state index is 0.0951. The summed E-state index contributed by atoms with van der Waals surface area (Å²) in [5.74, 6) is -0.955. The topological polar surface area (TPSA) is 78.9 Å². The summed E-state index contributed by atoms with van der Waals surface area (Å²) in [6.07, 6.45) is 73.3. The Morgan fingerprint density at radius 3 is 0.928 bits per heavy atom. The summed E-state index contributed by atoms with van der Waals surface area (Å²) in [5, 5.41) is 0. The van der Waals surface area contributed by atoms with Gasteiger partial charge in [0.2, 0.25) is 0 Å². The molecule has 0 aliphatic heterocycles. The van der Waals surface area contributed by atoms with Crippen LogP contribution in [0.25, 0.3) is 0 Å². The zero-order valence-corrected chi connectivity index (χ0v) is 45.6. The molecule has 0 N–H and O–H groups in total. The molecular formula is C63H110O6. The van der Waals surface area contributed by atoms with Gasteiger partial charge >= 0.3 is 17.9 Å². The van der Waals surface area contributed by atoms with E-state index >= 15 is 0 Å². The normalized spacial score (nSPS) is 12.6. The lowest BCUT2D eigenvalue weighted by atomic mass is 10.0. The smallest absolute Gasteiger partial charge is 0.306 e. The molecule has 0 unspecified atom stereocenters. The number of esters is 3. The Balaban J connectivity index is 4.39. The minimum atomic E-state index is -0.802. The standard InChI is InChI=1S/C63H110O6/c1-4-7-10-13-16-19-22-25-27-29-30-31-32-34-36-39-41-44-47-50-53-56-62(65)68-59-60(69-63(66)57-54-51-48-45-42-37-24-21-18-15-12-9-6-3)58-67-61(64)55-52-49-46-43-40-38-35-33-28-26-23-20-17-14-11-8-5-2/h17,20-21,24-28,35,38,43,46,60H,4-16,18-19,22-23,29-34,36-37,39-42,44-45,47-59H2,1-3H3/b20-17-,24-21-,27-25-,28-26-,38-35-,46-43-/t60-/m1/s1. The van der Waals surface area contributed by atoms with E-state index in [0.717, 1.165) is 77.0 Å². The van der Waals surface area contributed by atoms with Gasteiger partial charge in [-0.1, -0.05) is 235 Å². The quantitative estimate of drug-likeness (QED) is 0.0262. The first-order chi connectivity index (χ1) is 34.0. The van der Waals surface area contributed by atoms with E-state index in [0.29, 0.717) is 19.3 Å². The molecule has 0 rings (SSSR count). The van der Waals surface area contributed by atoms with Gasteiger partial charge in [0.1, 0.15) is 13.2 Å². The molecule has 0 fully saturated rings. The van der Waals surface area contributed by atoms with Crippen molar-refractivity contribution < 1.29 is 28.6 Å². The molecule has 0 aromatic carbocycles. The number of hydrogen-bond donors (Lipinski definition) is 0. The second kappa shape index (κ2) is 57.4. The van der Waals surface area contributed by atoms with E-state index in [-0.39, 0.29) is 37.5 Å². The molecule has 0 bridgehead atoms. The average Bonchev–Trinajstić information content (AvgIpc) is 3.35. The molecule has 0 heterocycles. The predicted octanol–water partition coefficient (Wildman–Crippen LogP) is 19.8. The van der Waals surface area contributed by atoms with Crippen molar-refractivity contribution in [3.8, 4) is 0 Å². The lowest BCUT2D eigenvalue weighted by molar-refractivity contribution is -0.167. The van der Waals surface area contributed by atoms with Crippen LogP contribution in [0, 0.1) is 0 Å². The Kier molecular flexibility index (Phi) is 54.8. The van der Waals surface area contributed by atoms with Crippen molar-refractivity contribution in [2.24, 2.45) is 0 Å². The van der Waals surface area contributed by atoms with Gasteiger partial charge in [-0.3, -0.25) is 14.4 Å². The van der Waals surface area contributed by atoms with Crippen LogP contribution in [-0.4, -0.2) is 37.2 Å². The summed E-state index contributed by atoms with van der Waals surface area (Å²) >= 11 is 0. The molecule has 0 saturated carbocycles. The molecule has 0 aromatic heterocycles. The molecule has 0 radical (unpaired) electrons. The Morgan fingerprint density at radius 2 is 0.536 bits per heavy atom. The zero-order valence-electron chi connectivity index (χ0n) is 45.6. The van der Waals surface area contributed by atoms with Crippen LogP contribution in [0.4, 0.5) is 0 Å². The third-order valence-corrected chi connectivity index (χ3v) is 12.7. The molecule has 0 aromatic rings. The van der Waals surface area contributed by atoms with Crippen LogP contribution < -0.4 is 0 Å². The lowest BCUT2D eigenvalue weighted by Gasteiger charge is -2.18. The molecule has 0 saturated heterocycles. The van der Waals surface area contributed by atoms with Gasteiger partial charge in [0.05, 0.1) is 0 Å². The molecule has 6 nitrogen and oxygen atoms in total. The van der Waals surface area contributed by atoms with Crippen LogP contribution in [0.3, 0.4) is 0 Å². The first-order valence-corrected chi connectivity index (χ1v) is 29.4. The Labute approximate surface area is 427 Å². The maximum Gasteiger partial charge on any atom is 0.306 e.